The summed E-state index contributed by atoms with van der Waals surface area (Å²) in [4.78, 5) is 67.2. The number of nitrogens with one attached hydrogen (secondary N) is 1. The second kappa shape index (κ2) is 11.6. The summed E-state index contributed by atoms with van der Waals surface area (Å²) < 4.78 is 4.88. The minimum Gasteiger partial charge on any atom is -0.477 e. The molecule has 4 N–H and O–H groups in total. The molecule has 0 unspecified atom stereocenters. The van der Waals surface area contributed by atoms with Crippen LogP contribution in [0.4, 0.5) is 5.13 Å². The number of hydrogen-bond acceptors (Lipinski definition) is 12. The van der Waals surface area contributed by atoms with Crippen molar-refractivity contribution in [1.82, 2.24) is 15.2 Å². The first kappa shape index (κ1) is 26.8. The van der Waals surface area contributed by atoms with Crippen molar-refractivity contribution in [2.45, 2.75) is 32.2 Å². The normalized spacial score (nSPS) is 19.2. The Morgan fingerprint density at radius 2 is 1.97 bits per heavy atom. The number of esters is 1. The Kier molecular flexibility index (Phi) is 9.14. The zero-order valence-electron chi connectivity index (χ0n) is 18.7. The lowest BCUT2D eigenvalue weighted by Crippen LogP contribution is -2.71. The lowest BCUT2D eigenvalue weighted by Gasteiger charge is -2.49. The van der Waals surface area contributed by atoms with Crippen molar-refractivity contribution in [3.63, 3.8) is 0 Å². The van der Waals surface area contributed by atoms with Gasteiger partial charge in [0, 0.05) is 23.6 Å². The number of Topliss-reactive ketones (excluding diaryl/α,β-unsaturated/α-hetero) is 1. The standard InChI is InChI=1S/C16H17N5O7S2.C3H6O/c1-6(22)28-3-7-4-29-14-10(13(24)21(14)11(7)15(25)26)19-12(23)9(20-27-2)8-5-30-16(17)18-8;1-3(2)4/h5,10,14H,3-4H2,1-2H3,(H2,17,18)(H,19,23)(H,25,26);1-2H3/b20-9+;/t10-,14-;/m1./s1. The Hall–Kier alpha value is -3.46. The number of aromatic nitrogens is 1. The summed E-state index contributed by atoms with van der Waals surface area (Å²) in [6.07, 6.45) is 0. The first-order chi connectivity index (χ1) is 16.0. The third-order valence-electron chi connectivity index (χ3n) is 4.15. The molecule has 2 aliphatic heterocycles. The molecule has 184 valence electrons. The van der Waals surface area contributed by atoms with Crippen LogP contribution in [0.3, 0.4) is 0 Å². The van der Waals surface area contributed by atoms with Crippen molar-refractivity contribution in [2.75, 3.05) is 25.2 Å². The maximum atomic E-state index is 12.7. The van der Waals surface area contributed by atoms with Crippen molar-refractivity contribution in [2.24, 2.45) is 5.16 Å². The van der Waals surface area contributed by atoms with Crippen LogP contribution in [0, 0.1) is 0 Å². The lowest BCUT2D eigenvalue weighted by atomic mass is 10.0. The molecule has 15 heteroatoms. The average molecular weight is 514 g/mol. The van der Waals surface area contributed by atoms with Crippen LogP contribution in [0.1, 0.15) is 26.5 Å². The summed E-state index contributed by atoms with van der Waals surface area (Å²) in [5.41, 5.74) is 5.67. The van der Waals surface area contributed by atoms with E-state index in [1.807, 2.05) is 0 Å². The largest absolute Gasteiger partial charge is 0.477 e. The van der Waals surface area contributed by atoms with E-state index in [4.69, 9.17) is 10.5 Å². The summed E-state index contributed by atoms with van der Waals surface area (Å²) in [5.74, 6) is -2.82. The van der Waals surface area contributed by atoms with Gasteiger partial charge in [0.15, 0.2) is 10.8 Å². The Balaban J connectivity index is 0.000000945. The van der Waals surface area contributed by atoms with Gasteiger partial charge in [-0.2, -0.15) is 0 Å². The van der Waals surface area contributed by atoms with Crippen molar-refractivity contribution in [3.8, 4) is 0 Å². The van der Waals surface area contributed by atoms with E-state index in [1.54, 1.807) is 0 Å². The predicted octanol–water partition coefficient (Wildman–Crippen LogP) is -0.0272. The van der Waals surface area contributed by atoms with Crippen LogP contribution in [0.15, 0.2) is 21.8 Å². The first-order valence-electron chi connectivity index (χ1n) is 9.61. The van der Waals surface area contributed by atoms with Crippen LogP contribution in [0.25, 0.3) is 0 Å². The Labute approximate surface area is 202 Å². The topological polar surface area (TPSA) is 191 Å². The number of nitrogens with zero attached hydrogens (tertiary/aromatic N) is 3. The van der Waals surface area contributed by atoms with Crippen LogP contribution in [-0.4, -0.2) is 81.1 Å². The van der Waals surface area contributed by atoms with Gasteiger partial charge in [0.2, 0.25) is 0 Å². The fraction of sp³-hybridized carbons (Fsp3) is 0.421. The van der Waals surface area contributed by atoms with E-state index in [-0.39, 0.29) is 40.4 Å². The smallest absolute Gasteiger partial charge is 0.352 e. The number of nitrogen functional groups attached to an aromatic ring is 1. The summed E-state index contributed by atoms with van der Waals surface area (Å²) in [6.45, 7) is 4.03. The van der Waals surface area contributed by atoms with Gasteiger partial charge in [-0.15, -0.1) is 23.1 Å². The van der Waals surface area contributed by atoms with Gasteiger partial charge in [-0.05, 0) is 13.8 Å². The van der Waals surface area contributed by atoms with Gasteiger partial charge in [0.1, 0.15) is 42.3 Å². The van der Waals surface area contributed by atoms with Crippen molar-refractivity contribution >= 4 is 63.5 Å². The highest BCUT2D eigenvalue weighted by Crippen LogP contribution is 2.40. The number of carbonyl (C=O) groups is 5. The molecule has 0 aromatic carbocycles. The molecule has 2 atom stereocenters. The van der Waals surface area contributed by atoms with Crippen molar-refractivity contribution < 1.29 is 38.7 Å². The number of carboxylic acids is 1. The molecule has 1 saturated heterocycles. The van der Waals surface area contributed by atoms with E-state index in [2.05, 4.69) is 20.3 Å². The molecule has 3 heterocycles. The van der Waals surface area contributed by atoms with Gasteiger partial charge >= 0.3 is 11.9 Å². The number of nitrogens with two attached hydrogens (primary N) is 1. The van der Waals surface area contributed by atoms with Crippen LogP contribution in [-0.2, 0) is 33.5 Å². The monoisotopic (exact) mass is 513 g/mol. The minimum absolute atomic E-state index is 0.165. The SMILES string of the molecule is CC(C)=O.CO/N=C(/C(=O)N[C@@H]1C(=O)N2C(C(=O)O)=C(COC(C)=O)CS[C@H]12)c1csc(N)n1. The molecule has 0 spiro atoms. The number of fused-ring (bicyclic) bond motifs is 1. The van der Waals surface area contributed by atoms with Crippen LogP contribution in [0.5, 0.6) is 0 Å². The highest BCUT2D eigenvalue weighted by atomic mass is 32.2. The molecule has 0 radical (unpaired) electrons. The second-order valence-electron chi connectivity index (χ2n) is 7.00. The van der Waals surface area contributed by atoms with Crippen molar-refractivity contribution in [3.05, 3.63) is 22.3 Å². The van der Waals surface area contributed by atoms with Gasteiger partial charge < -0.3 is 30.5 Å². The van der Waals surface area contributed by atoms with E-state index in [0.29, 0.717) is 5.57 Å². The van der Waals surface area contributed by atoms with Gasteiger partial charge in [0.05, 0.1) is 0 Å². The number of ether oxygens (including phenoxy) is 1. The number of amides is 2. The number of hydrogen-bond donors (Lipinski definition) is 3. The first-order valence-corrected chi connectivity index (χ1v) is 11.5. The zero-order valence-corrected chi connectivity index (χ0v) is 20.3. The molecule has 0 saturated carbocycles. The molecule has 13 nitrogen and oxygen atoms in total. The second-order valence-corrected chi connectivity index (χ2v) is 8.99. The van der Waals surface area contributed by atoms with E-state index in [9.17, 15) is 29.1 Å². The van der Waals surface area contributed by atoms with Gasteiger partial charge in [-0.3, -0.25) is 19.3 Å². The maximum absolute atomic E-state index is 12.7. The third kappa shape index (κ3) is 6.32. The quantitative estimate of drug-likeness (QED) is 0.192. The van der Waals surface area contributed by atoms with Crippen LogP contribution in [0.2, 0.25) is 0 Å². The summed E-state index contributed by atoms with van der Waals surface area (Å²) in [5, 5.41) is 16.9. The molecule has 3 rings (SSSR count). The van der Waals surface area contributed by atoms with Gasteiger partial charge in [0.25, 0.3) is 11.8 Å². The lowest BCUT2D eigenvalue weighted by molar-refractivity contribution is -0.150. The van der Waals surface area contributed by atoms with E-state index in [1.165, 1.54) is 45.0 Å². The number of thiazole rings is 1. The Morgan fingerprint density at radius 1 is 1.32 bits per heavy atom. The number of rotatable bonds is 7. The molecule has 2 aliphatic rings. The van der Waals surface area contributed by atoms with Gasteiger partial charge in [-0.1, -0.05) is 5.16 Å². The third-order valence-corrected chi connectivity index (χ3v) is 6.16. The molecular formula is C19H23N5O8S2. The molecular weight excluding hydrogens is 490 g/mol. The molecule has 0 bridgehead atoms. The maximum Gasteiger partial charge on any atom is 0.352 e. The number of β-lactam (4-membered cyclic amide) rings is 1. The highest BCUT2D eigenvalue weighted by molar-refractivity contribution is 8.00. The Morgan fingerprint density at radius 3 is 2.47 bits per heavy atom. The number of ketones is 1. The average Bonchev–Trinajstić information content (AvgIpc) is 3.18. The number of aliphatic carboxylic acids is 1. The van der Waals surface area contributed by atoms with Gasteiger partial charge in [-0.25, -0.2) is 9.78 Å². The fourth-order valence-electron chi connectivity index (χ4n) is 2.88. The van der Waals surface area contributed by atoms with Crippen LogP contribution >= 0.6 is 23.1 Å². The summed E-state index contributed by atoms with van der Waals surface area (Å²) in [7, 11) is 1.25. The molecule has 1 aromatic heterocycles. The zero-order chi connectivity index (χ0) is 25.6. The van der Waals surface area contributed by atoms with E-state index >= 15 is 0 Å². The number of carboxylic acid groups (broad SMARTS) is 1. The molecule has 1 aromatic rings. The summed E-state index contributed by atoms with van der Waals surface area (Å²) in [6, 6.07) is -0.967. The molecule has 34 heavy (non-hydrogen) atoms. The van der Waals surface area contributed by atoms with E-state index in [0.717, 1.165) is 16.2 Å². The number of carbonyl (C=O) groups excluding carboxylic acids is 4. The van der Waals surface area contributed by atoms with Crippen LogP contribution < -0.4 is 11.1 Å². The molecule has 1 fully saturated rings. The number of thioether (sulfide) groups is 1. The number of oxime groups is 1. The molecule has 0 aliphatic carbocycles. The highest BCUT2D eigenvalue weighted by Gasteiger charge is 2.54. The minimum atomic E-state index is -1.32. The Bertz CT molecular complexity index is 1060. The van der Waals surface area contributed by atoms with Crippen molar-refractivity contribution in [1.29, 1.82) is 0 Å². The summed E-state index contributed by atoms with van der Waals surface area (Å²) >= 11 is 2.35. The fourth-order valence-corrected chi connectivity index (χ4v) is 4.76. The van der Waals surface area contributed by atoms with E-state index < -0.39 is 35.2 Å². The predicted molar refractivity (Wildman–Crippen MR) is 123 cm³/mol. The molecule has 2 amide bonds. The number of anilines is 1.